The molecule has 0 radical (unpaired) electrons. The van der Waals surface area contributed by atoms with Gasteiger partial charge in [-0.1, -0.05) is 12.1 Å². The molecule has 102 valence electrons. The number of nitrogen functional groups attached to an aromatic ring is 1. The smallest absolute Gasteiger partial charge is 0.256 e. The zero-order chi connectivity index (χ0) is 13.1. The Morgan fingerprint density at radius 1 is 1.37 bits per heavy atom. The maximum atomic E-state index is 12.2. The molecule has 0 fully saturated rings. The topological polar surface area (TPSA) is 46.3 Å². The Hall–Kier alpha value is -1.04. The molecule has 0 aliphatic heterocycles. The van der Waals surface area contributed by atoms with Crippen LogP contribution in [0.2, 0.25) is 0 Å². The number of benzene rings is 1. The molecule has 1 amide bonds. The van der Waals surface area contributed by atoms with Crippen LogP contribution in [0.5, 0.6) is 0 Å². The number of para-hydroxylation sites is 1. The summed E-state index contributed by atoms with van der Waals surface area (Å²) in [4.78, 5) is 15.0. The van der Waals surface area contributed by atoms with Crippen LogP contribution in [0.3, 0.4) is 0 Å². The van der Waals surface area contributed by atoms with Gasteiger partial charge in [-0.25, -0.2) is 0 Å². The van der Waals surface area contributed by atoms with Gasteiger partial charge in [-0.15, -0.1) is 23.7 Å². The van der Waals surface area contributed by atoms with E-state index in [9.17, 15) is 4.79 Å². The largest absolute Gasteiger partial charge is 0.398 e. The molecule has 0 spiro atoms. The standard InChI is InChI=1S/C13H13BrN2OS.ClH/c1-16(8-12-10(14)6-7-18-12)13(17)9-4-2-3-5-11(9)15;/h2-7H,8,15H2,1H3;1H. The molecule has 0 aliphatic carbocycles. The van der Waals surface area contributed by atoms with Crippen LogP contribution in [0, 0.1) is 0 Å². The SMILES string of the molecule is CN(Cc1sccc1Br)C(=O)c1ccccc1N.Cl. The number of hydrogen-bond donors (Lipinski definition) is 1. The molecule has 0 saturated heterocycles. The second-order valence-corrected chi connectivity index (χ2v) is 5.80. The van der Waals surface area contributed by atoms with Crippen molar-refractivity contribution < 1.29 is 4.79 Å². The first-order valence-corrected chi connectivity index (χ1v) is 7.08. The van der Waals surface area contributed by atoms with Crippen LogP contribution in [0.4, 0.5) is 5.69 Å². The summed E-state index contributed by atoms with van der Waals surface area (Å²) < 4.78 is 1.04. The van der Waals surface area contributed by atoms with Crippen LogP contribution in [0.25, 0.3) is 0 Å². The molecule has 0 atom stereocenters. The van der Waals surface area contributed by atoms with E-state index in [0.29, 0.717) is 17.8 Å². The van der Waals surface area contributed by atoms with E-state index in [1.165, 1.54) is 0 Å². The predicted octanol–water partition coefficient (Wildman–Crippen LogP) is 3.79. The molecule has 0 saturated carbocycles. The average Bonchev–Trinajstić information content (AvgIpc) is 2.75. The predicted molar refractivity (Wildman–Crippen MR) is 85.9 cm³/mol. The molecule has 2 aromatic rings. The molecular weight excluding hydrogens is 348 g/mol. The number of halogens is 2. The normalized spacial score (nSPS) is 9.79. The number of rotatable bonds is 3. The van der Waals surface area contributed by atoms with Gasteiger partial charge < -0.3 is 10.6 Å². The summed E-state index contributed by atoms with van der Waals surface area (Å²) in [6.07, 6.45) is 0. The minimum Gasteiger partial charge on any atom is -0.398 e. The van der Waals surface area contributed by atoms with E-state index in [-0.39, 0.29) is 18.3 Å². The maximum Gasteiger partial charge on any atom is 0.256 e. The molecule has 1 aromatic carbocycles. The zero-order valence-electron chi connectivity index (χ0n) is 10.3. The van der Waals surface area contributed by atoms with Gasteiger partial charge in [0.2, 0.25) is 0 Å². The lowest BCUT2D eigenvalue weighted by molar-refractivity contribution is 0.0787. The number of hydrogen-bond acceptors (Lipinski definition) is 3. The fraction of sp³-hybridized carbons (Fsp3) is 0.154. The summed E-state index contributed by atoms with van der Waals surface area (Å²) >= 11 is 5.09. The molecule has 2 N–H and O–H groups in total. The van der Waals surface area contributed by atoms with E-state index in [4.69, 9.17) is 5.73 Å². The first kappa shape index (κ1) is 16.0. The molecule has 1 aromatic heterocycles. The van der Waals surface area contributed by atoms with Gasteiger partial charge in [0.05, 0.1) is 12.1 Å². The first-order chi connectivity index (χ1) is 8.59. The highest BCUT2D eigenvalue weighted by molar-refractivity contribution is 9.10. The van der Waals surface area contributed by atoms with Gasteiger partial charge in [0, 0.05) is 22.1 Å². The highest BCUT2D eigenvalue weighted by Gasteiger charge is 2.15. The zero-order valence-corrected chi connectivity index (χ0v) is 13.5. The third kappa shape index (κ3) is 3.72. The van der Waals surface area contributed by atoms with Crippen molar-refractivity contribution in [2.75, 3.05) is 12.8 Å². The van der Waals surface area contributed by atoms with Crippen molar-refractivity contribution in [1.29, 1.82) is 0 Å². The van der Waals surface area contributed by atoms with Crippen molar-refractivity contribution in [3.8, 4) is 0 Å². The van der Waals surface area contributed by atoms with Crippen LogP contribution in [-0.2, 0) is 6.54 Å². The van der Waals surface area contributed by atoms with Crippen LogP contribution < -0.4 is 5.73 Å². The van der Waals surface area contributed by atoms with E-state index in [1.54, 1.807) is 35.4 Å². The van der Waals surface area contributed by atoms with Crippen LogP contribution in [0.1, 0.15) is 15.2 Å². The minimum absolute atomic E-state index is 0. The van der Waals surface area contributed by atoms with Crippen LogP contribution in [0.15, 0.2) is 40.2 Å². The number of anilines is 1. The van der Waals surface area contributed by atoms with Gasteiger partial charge in [-0.3, -0.25) is 4.79 Å². The Labute approximate surface area is 131 Å². The van der Waals surface area contributed by atoms with Gasteiger partial charge >= 0.3 is 0 Å². The van der Waals surface area contributed by atoms with Crippen molar-refractivity contribution in [3.05, 3.63) is 50.6 Å². The quantitative estimate of drug-likeness (QED) is 0.846. The van der Waals surface area contributed by atoms with Crippen LogP contribution >= 0.6 is 39.7 Å². The molecule has 6 heteroatoms. The molecule has 0 unspecified atom stereocenters. The third-order valence-corrected chi connectivity index (χ3v) is 4.52. The Morgan fingerprint density at radius 3 is 2.63 bits per heavy atom. The second kappa shape index (κ2) is 6.93. The lowest BCUT2D eigenvalue weighted by Gasteiger charge is -2.17. The highest BCUT2D eigenvalue weighted by Crippen LogP contribution is 2.24. The second-order valence-electron chi connectivity index (χ2n) is 3.94. The molecule has 19 heavy (non-hydrogen) atoms. The summed E-state index contributed by atoms with van der Waals surface area (Å²) in [6.45, 7) is 0.575. The monoisotopic (exact) mass is 360 g/mol. The first-order valence-electron chi connectivity index (χ1n) is 5.41. The van der Waals surface area contributed by atoms with Crippen molar-refractivity contribution in [1.82, 2.24) is 4.90 Å². The van der Waals surface area contributed by atoms with Crippen LogP contribution in [-0.4, -0.2) is 17.9 Å². The third-order valence-electron chi connectivity index (χ3n) is 2.61. The van der Waals surface area contributed by atoms with E-state index in [2.05, 4.69) is 15.9 Å². The molecule has 0 bridgehead atoms. The van der Waals surface area contributed by atoms with Gasteiger partial charge in [0.1, 0.15) is 0 Å². The Balaban J connectivity index is 0.00000180. The van der Waals surface area contributed by atoms with E-state index < -0.39 is 0 Å². The van der Waals surface area contributed by atoms with Crippen molar-refractivity contribution in [2.45, 2.75) is 6.54 Å². The summed E-state index contributed by atoms with van der Waals surface area (Å²) in [5.74, 6) is -0.0617. The van der Waals surface area contributed by atoms with Gasteiger partial charge in [0.25, 0.3) is 5.91 Å². The molecular formula is C13H14BrClN2OS. The number of amides is 1. The van der Waals surface area contributed by atoms with Crippen molar-refractivity contribution in [2.24, 2.45) is 0 Å². The van der Waals surface area contributed by atoms with E-state index in [1.807, 2.05) is 23.6 Å². The Morgan fingerprint density at radius 2 is 2.05 bits per heavy atom. The summed E-state index contributed by atoms with van der Waals surface area (Å²) in [7, 11) is 1.78. The number of nitrogens with zero attached hydrogens (tertiary/aromatic N) is 1. The van der Waals surface area contributed by atoms with E-state index >= 15 is 0 Å². The molecule has 0 aliphatic rings. The maximum absolute atomic E-state index is 12.2. The lowest BCUT2D eigenvalue weighted by Crippen LogP contribution is -2.26. The fourth-order valence-corrected chi connectivity index (χ4v) is 3.15. The van der Waals surface area contributed by atoms with Crippen molar-refractivity contribution >= 4 is 51.3 Å². The average molecular weight is 362 g/mol. The fourth-order valence-electron chi connectivity index (χ4n) is 1.62. The van der Waals surface area contributed by atoms with Gasteiger partial charge in [-0.05, 0) is 39.5 Å². The van der Waals surface area contributed by atoms with Crippen molar-refractivity contribution in [3.63, 3.8) is 0 Å². The molecule has 3 nitrogen and oxygen atoms in total. The number of carbonyl (C=O) groups excluding carboxylic acids is 1. The van der Waals surface area contributed by atoms with Gasteiger partial charge in [-0.2, -0.15) is 0 Å². The molecule has 2 rings (SSSR count). The number of thiophene rings is 1. The number of nitrogens with two attached hydrogens (primary N) is 1. The lowest BCUT2D eigenvalue weighted by atomic mass is 10.1. The van der Waals surface area contributed by atoms with Gasteiger partial charge in [0.15, 0.2) is 0 Å². The summed E-state index contributed by atoms with van der Waals surface area (Å²) in [5, 5.41) is 1.99. The summed E-state index contributed by atoms with van der Waals surface area (Å²) in [6, 6.07) is 9.11. The molecule has 1 heterocycles. The highest BCUT2D eigenvalue weighted by atomic mass is 79.9. The Bertz CT molecular complexity index is 573. The Kier molecular flexibility index (Phi) is 5.85. The summed E-state index contributed by atoms with van der Waals surface area (Å²) in [5.41, 5.74) is 6.87. The minimum atomic E-state index is -0.0617. The number of carbonyl (C=O) groups is 1. The van der Waals surface area contributed by atoms with E-state index in [0.717, 1.165) is 9.35 Å².